The summed E-state index contributed by atoms with van der Waals surface area (Å²) in [5.74, 6) is 1.28. The number of ketones is 1. The average Bonchev–Trinajstić information content (AvgIpc) is 3.00. The third-order valence-corrected chi connectivity index (χ3v) is 7.72. The summed E-state index contributed by atoms with van der Waals surface area (Å²) in [7, 11) is 0. The number of fused-ring (bicyclic) bond motifs is 2. The lowest BCUT2D eigenvalue weighted by Crippen LogP contribution is -2.32. The number of carbonyl (C=O) groups excluding carboxylic acids is 1. The average molecular weight is 426 g/mol. The molecule has 2 aromatic carbocycles. The second-order valence-electron chi connectivity index (χ2n) is 9.81. The minimum Gasteiger partial charge on any atom is -0.303 e. The second kappa shape index (κ2) is 10.0. The van der Waals surface area contributed by atoms with E-state index in [2.05, 4.69) is 65.6 Å². The number of rotatable bonds is 5. The highest BCUT2D eigenvalue weighted by atomic mass is 16.1. The van der Waals surface area contributed by atoms with Crippen LogP contribution in [0.4, 0.5) is 0 Å². The van der Waals surface area contributed by atoms with Crippen molar-refractivity contribution in [1.82, 2.24) is 4.90 Å². The van der Waals surface area contributed by atoms with Crippen LogP contribution in [0, 0.1) is 5.92 Å². The minimum absolute atomic E-state index is 0.481. The molecule has 32 heavy (non-hydrogen) atoms. The number of benzene rings is 2. The molecular weight excluding hydrogens is 390 g/mol. The smallest absolute Gasteiger partial charge is 0.132 e. The van der Waals surface area contributed by atoms with Crippen LogP contribution >= 0.6 is 0 Å². The molecular formula is C30H35NO. The first-order chi connectivity index (χ1) is 15.8. The predicted octanol–water partition coefficient (Wildman–Crippen LogP) is 7.00. The molecule has 0 bridgehead atoms. The molecule has 5 rings (SSSR count). The van der Waals surface area contributed by atoms with Gasteiger partial charge in [-0.15, -0.1) is 0 Å². The monoisotopic (exact) mass is 425 g/mol. The lowest BCUT2D eigenvalue weighted by atomic mass is 9.85. The number of carbonyl (C=O) groups is 1. The van der Waals surface area contributed by atoms with Gasteiger partial charge in [0.1, 0.15) is 5.78 Å². The van der Waals surface area contributed by atoms with Crippen molar-refractivity contribution < 1.29 is 4.79 Å². The van der Waals surface area contributed by atoms with Gasteiger partial charge < -0.3 is 4.90 Å². The first-order valence-corrected chi connectivity index (χ1v) is 12.6. The van der Waals surface area contributed by atoms with Gasteiger partial charge in [0.2, 0.25) is 0 Å². The second-order valence-corrected chi connectivity index (χ2v) is 9.81. The molecule has 3 aliphatic rings. The molecule has 2 nitrogen and oxygen atoms in total. The summed E-state index contributed by atoms with van der Waals surface area (Å²) in [4.78, 5) is 14.1. The lowest BCUT2D eigenvalue weighted by molar-refractivity contribution is -0.121. The van der Waals surface area contributed by atoms with Crippen LogP contribution in [0.15, 0.2) is 54.1 Å². The number of likely N-dealkylation sites (tertiary alicyclic amines) is 1. The summed E-state index contributed by atoms with van der Waals surface area (Å²) in [5.41, 5.74) is 8.55. The third kappa shape index (κ3) is 4.81. The lowest BCUT2D eigenvalue weighted by Gasteiger charge is -2.30. The highest BCUT2D eigenvalue weighted by Gasteiger charge is 2.22. The van der Waals surface area contributed by atoms with Gasteiger partial charge in [-0.3, -0.25) is 4.79 Å². The van der Waals surface area contributed by atoms with Crippen LogP contribution in [0.25, 0.3) is 17.7 Å². The third-order valence-electron chi connectivity index (χ3n) is 7.72. The molecule has 0 aromatic heterocycles. The van der Waals surface area contributed by atoms with Crippen molar-refractivity contribution in [2.75, 3.05) is 19.6 Å². The fourth-order valence-electron chi connectivity index (χ4n) is 5.80. The molecule has 2 heteroatoms. The maximum Gasteiger partial charge on any atom is 0.132 e. The molecule has 1 saturated heterocycles. The van der Waals surface area contributed by atoms with Crippen LogP contribution in [-0.4, -0.2) is 30.3 Å². The Morgan fingerprint density at radius 2 is 1.34 bits per heavy atom. The van der Waals surface area contributed by atoms with E-state index in [1.165, 1.54) is 79.6 Å². The van der Waals surface area contributed by atoms with Crippen molar-refractivity contribution in [3.8, 4) is 0 Å². The Morgan fingerprint density at radius 1 is 0.750 bits per heavy atom. The van der Waals surface area contributed by atoms with Gasteiger partial charge in [-0.05, 0) is 72.4 Å². The molecule has 2 aliphatic carbocycles. The summed E-state index contributed by atoms with van der Waals surface area (Å²) >= 11 is 0. The molecule has 1 heterocycles. The van der Waals surface area contributed by atoms with E-state index in [1.807, 2.05) is 0 Å². The topological polar surface area (TPSA) is 20.3 Å². The maximum absolute atomic E-state index is 11.4. The van der Waals surface area contributed by atoms with Crippen LogP contribution in [0.2, 0.25) is 0 Å². The maximum atomic E-state index is 11.4. The zero-order valence-corrected chi connectivity index (χ0v) is 19.2. The van der Waals surface area contributed by atoms with E-state index < -0.39 is 0 Å². The van der Waals surface area contributed by atoms with Crippen LogP contribution in [-0.2, 0) is 4.79 Å². The first-order valence-electron chi connectivity index (χ1n) is 12.6. The van der Waals surface area contributed by atoms with Crippen molar-refractivity contribution in [3.05, 3.63) is 76.4 Å². The summed E-state index contributed by atoms with van der Waals surface area (Å²) in [6.45, 7) is 3.58. The number of piperidine rings is 1. The predicted molar refractivity (Wildman–Crippen MR) is 134 cm³/mol. The molecule has 0 atom stereocenters. The molecule has 1 aliphatic heterocycles. The van der Waals surface area contributed by atoms with E-state index in [0.717, 1.165) is 31.6 Å². The number of nitrogens with zero attached hydrogens (tertiary/aromatic N) is 1. The van der Waals surface area contributed by atoms with Crippen molar-refractivity contribution in [2.45, 2.75) is 57.8 Å². The van der Waals surface area contributed by atoms with Gasteiger partial charge in [0, 0.05) is 25.9 Å². The van der Waals surface area contributed by atoms with Crippen molar-refractivity contribution in [3.63, 3.8) is 0 Å². The zero-order valence-electron chi connectivity index (χ0n) is 19.2. The summed E-state index contributed by atoms with van der Waals surface area (Å²) in [5, 5.41) is 0. The van der Waals surface area contributed by atoms with E-state index >= 15 is 0 Å². The highest BCUT2D eigenvalue weighted by molar-refractivity contribution is 5.94. The van der Waals surface area contributed by atoms with E-state index in [-0.39, 0.29) is 0 Å². The Hall–Kier alpha value is -2.45. The molecule has 0 amide bonds. The normalized spacial score (nSPS) is 19.6. The van der Waals surface area contributed by atoms with Gasteiger partial charge in [0.25, 0.3) is 0 Å². The molecule has 2 fully saturated rings. The Labute approximate surface area is 193 Å². The molecule has 2 aromatic rings. The van der Waals surface area contributed by atoms with Crippen LogP contribution in [0.5, 0.6) is 0 Å². The molecule has 0 spiro atoms. The van der Waals surface area contributed by atoms with E-state index in [9.17, 15) is 4.79 Å². The standard InChI is InChI=1S/C30H35NO/c32-27-16-12-23(13-17-27)7-5-6-20-31-21-18-26(19-22-31)30-28-10-3-1-8-24(28)14-15-25-9-2-4-11-29(25)30/h1-4,8-11,14-15,23H,5-7,12-13,16-22H2. The van der Waals surface area contributed by atoms with Crippen molar-refractivity contribution in [2.24, 2.45) is 5.92 Å². The molecule has 0 radical (unpaired) electrons. The van der Waals surface area contributed by atoms with E-state index in [4.69, 9.17) is 0 Å². The largest absolute Gasteiger partial charge is 0.303 e. The van der Waals surface area contributed by atoms with Crippen molar-refractivity contribution in [1.29, 1.82) is 0 Å². The molecule has 0 unspecified atom stereocenters. The first kappa shape index (κ1) is 21.4. The number of hydrogen-bond donors (Lipinski definition) is 0. The van der Waals surface area contributed by atoms with Gasteiger partial charge in [-0.2, -0.15) is 0 Å². The number of hydrogen-bond acceptors (Lipinski definition) is 2. The minimum atomic E-state index is 0.481. The van der Waals surface area contributed by atoms with Gasteiger partial charge >= 0.3 is 0 Å². The van der Waals surface area contributed by atoms with Gasteiger partial charge in [-0.1, -0.05) is 79.1 Å². The van der Waals surface area contributed by atoms with Crippen LogP contribution in [0.1, 0.15) is 80.0 Å². The molecule has 1 saturated carbocycles. The van der Waals surface area contributed by atoms with E-state index in [0.29, 0.717) is 5.78 Å². The summed E-state index contributed by atoms with van der Waals surface area (Å²) in [6.07, 6.45) is 14.8. The quantitative estimate of drug-likeness (QED) is 0.410. The van der Waals surface area contributed by atoms with Gasteiger partial charge in [0.05, 0.1) is 0 Å². The Morgan fingerprint density at radius 3 is 1.97 bits per heavy atom. The highest BCUT2D eigenvalue weighted by Crippen LogP contribution is 2.38. The van der Waals surface area contributed by atoms with Crippen LogP contribution < -0.4 is 0 Å². The SMILES string of the molecule is O=C1CCC(CCCCN2CCC(=C3c4ccccc4C=Cc4ccccc43)CC2)CC1. The number of unbranched alkanes of at least 4 members (excludes halogenated alkanes) is 1. The van der Waals surface area contributed by atoms with Crippen molar-refractivity contribution >= 4 is 23.5 Å². The fraction of sp³-hybridized carbons (Fsp3) is 0.433. The van der Waals surface area contributed by atoms with E-state index in [1.54, 1.807) is 5.57 Å². The summed E-state index contributed by atoms with van der Waals surface area (Å²) in [6, 6.07) is 17.7. The Bertz CT molecular complexity index is 959. The fourth-order valence-corrected chi connectivity index (χ4v) is 5.80. The van der Waals surface area contributed by atoms with Crippen LogP contribution in [0.3, 0.4) is 0 Å². The number of Topliss-reactive ketones (excluding diaryl/α,β-unsaturated/α-hetero) is 1. The summed E-state index contributed by atoms with van der Waals surface area (Å²) < 4.78 is 0. The van der Waals surface area contributed by atoms with Gasteiger partial charge in [0.15, 0.2) is 0 Å². The molecule has 0 N–H and O–H groups in total. The van der Waals surface area contributed by atoms with Gasteiger partial charge in [-0.25, -0.2) is 0 Å². The molecule has 166 valence electrons. The Kier molecular flexibility index (Phi) is 6.69. The Balaban J connectivity index is 1.22. The zero-order chi connectivity index (χ0) is 21.8.